The van der Waals surface area contributed by atoms with Gasteiger partial charge in [0.05, 0.1) is 12.0 Å². The molecule has 4 rings (SSSR count). The molecule has 1 aliphatic heterocycles. The molecule has 5 nitrogen and oxygen atoms in total. The number of phenols is 1. The van der Waals surface area contributed by atoms with Crippen LogP contribution in [0.5, 0.6) is 5.75 Å². The number of ether oxygens (including phenoxy) is 1. The SMILES string of the molecule is C=C1NC=C(c2c(Cc3ccccc3)ncn2Cc2cccc(O)c2)O1. The van der Waals surface area contributed by atoms with Crippen molar-refractivity contribution < 1.29 is 9.84 Å². The van der Waals surface area contributed by atoms with Crippen LogP contribution in [0.3, 0.4) is 0 Å². The Hall–Kier alpha value is -3.47. The Morgan fingerprint density at radius 1 is 1.08 bits per heavy atom. The molecule has 0 radical (unpaired) electrons. The topological polar surface area (TPSA) is 59.3 Å². The van der Waals surface area contributed by atoms with Crippen molar-refractivity contribution in [2.24, 2.45) is 0 Å². The van der Waals surface area contributed by atoms with Gasteiger partial charge in [-0.3, -0.25) is 0 Å². The summed E-state index contributed by atoms with van der Waals surface area (Å²) in [5.41, 5.74) is 4.00. The first-order valence-electron chi connectivity index (χ1n) is 8.39. The second-order valence-corrected chi connectivity index (χ2v) is 6.18. The highest BCUT2D eigenvalue weighted by atomic mass is 16.5. The fourth-order valence-electron chi connectivity index (χ4n) is 3.05. The smallest absolute Gasteiger partial charge is 0.190 e. The van der Waals surface area contributed by atoms with Crippen molar-refractivity contribution in [3.63, 3.8) is 0 Å². The molecular formula is C21H19N3O2. The molecule has 2 N–H and O–H groups in total. The highest BCUT2D eigenvalue weighted by Crippen LogP contribution is 2.27. The Morgan fingerprint density at radius 2 is 1.88 bits per heavy atom. The highest BCUT2D eigenvalue weighted by Gasteiger charge is 2.21. The number of rotatable bonds is 5. The predicted molar refractivity (Wildman–Crippen MR) is 100 cm³/mol. The van der Waals surface area contributed by atoms with Crippen molar-refractivity contribution in [3.05, 3.63) is 102 Å². The minimum absolute atomic E-state index is 0.250. The Balaban J connectivity index is 1.70. The maximum absolute atomic E-state index is 9.72. The van der Waals surface area contributed by atoms with Gasteiger partial charge in [-0.1, -0.05) is 42.5 Å². The van der Waals surface area contributed by atoms with Gasteiger partial charge >= 0.3 is 0 Å². The Kier molecular flexibility index (Phi) is 4.19. The number of phenolic OH excluding ortho intramolecular Hbond substituents is 1. The first-order chi connectivity index (χ1) is 12.7. The molecule has 130 valence electrons. The summed E-state index contributed by atoms with van der Waals surface area (Å²) in [6, 6.07) is 17.4. The fraction of sp³-hybridized carbons (Fsp3) is 0.0952. The molecule has 0 saturated heterocycles. The molecule has 3 aromatic rings. The summed E-state index contributed by atoms with van der Waals surface area (Å²) in [6.07, 6.45) is 4.31. The number of nitrogens with one attached hydrogen (secondary N) is 1. The van der Waals surface area contributed by atoms with Gasteiger partial charge in [-0.15, -0.1) is 0 Å². The highest BCUT2D eigenvalue weighted by molar-refractivity contribution is 5.62. The zero-order chi connectivity index (χ0) is 17.9. The van der Waals surface area contributed by atoms with Crippen molar-refractivity contribution >= 4 is 5.76 Å². The van der Waals surface area contributed by atoms with Gasteiger partial charge < -0.3 is 19.7 Å². The maximum atomic E-state index is 9.72. The van der Waals surface area contributed by atoms with Gasteiger partial charge in [-0.2, -0.15) is 0 Å². The second kappa shape index (κ2) is 6.80. The number of hydrogen-bond donors (Lipinski definition) is 2. The van der Waals surface area contributed by atoms with Crippen LogP contribution in [-0.2, 0) is 17.7 Å². The summed E-state index contributed by atoms with van der Waals surface area (Å²) < 4.78 is 7.76. The van der Waals surface area contributed by atoms with Crippen molar-refractivity contribution in [2.45, 2.75) is 13.0 Å². The van der Waals surface area contributed by atoms with E-state index in [0.29, 0.717) is 24.6 Å². The minimum atomic E-state index is 0.250. The van der Waals surface area contributed by atoms with Crippen LogP contribution in [0.2, 0.25) is 0 Å². The molecule has 0 fully saturated rings. The number of aromatic hydroxyl groups is 1. The summed E-state index contributed by atoms with van der Waals surface area (Å²) in [5.74, 6) is 1.44. The lowest BCUT2D eigenvalue weighted by atomic mass is 10.1. The van der Waals surface area contributed by atoms with E-state index < -0.39 is 0 Å². The van der Waals surface area contributed by atoms with Gasteiger partial charge in [0.2, 0.25) is 0 Å². The summed E-state index contributed by atoms with van der Waals surface area (Å²) >= 11 is 0. The molecule has 26 heavy (non-hydrogen) atoms. The molecule has 0 amide bonds. The number of imidazole rings is 1. The summed E-state index contributed by atoms with van der Waals surface area (Å²) in [7, 11) is 0. The van der Waals surface area contributed by atoms with Gasteiger partial charge in [0, 0.05) is 19.2 Å². The Labute approximate surface area is 151 Å². The molecule has 0 saturated carbocycles. The van der Waals surface area contributed by atoms with E-state index >= 15 is 0 Å². The molecule has 5 heteroatoms. The van der Waals surface area contributed by atoms with E-state index in [1.807, 2.05) is 41.2 Å². The van der Waals surface area contributed by atoms with Crippen LogP contribution >= 0.6 is 0 Å². The zero-order valence-electron chi connectivity index (χ0n) is 14.2. The molecule has 0 atom stereocenters. The van der Waals surface area contributed by atoms with E-state index in [1.165, 1.54) is 5.56 Å². The van der Waals surface area contributed by atoms with Crippen LogP contribution < -0.4 is 5.32 Å². The maximum Gasteiger partial charge on any atom is 0.190 e. The number of aromatic nitrogens is 2. The monoisotopic (exact) mass is 345 g/mol. The first-order valence-corrected chi connectivity index (χ1v) is 8.39. The Bertz CT molecular complexity index is 974. The average Bonchev–Trinajstić information content (AvgIpc) is 3.22. The molecule has 0 unspecified atom stereocenters. The van der Waals surface area contributed by atoms with E-state index in [4.69, 9.17) is 4.74 Å². The third kappa shape index (κ3) is 3.32. The van der Waals surface area contributed by atoms with Crippen LogP contribution in [0, 0.1) is 0 Å². The third-order valence-electron chi connectivity index (χ3n) is 4.22. The molecular weight excluding hydrogens is 326 g/mol. The molecule has 1 aromatic heterocycles. The van der Waals surface area contributed by atoms with Crippen LogP contribution in [0.25, 0.3) is 5.76 Å². The first kappa shape index (κ1) is 16.0. The molecule has 0 spiro atoms. The van der Waals surface area contributed by atoms with Gasteiger partial charge in [-0.05, 0) is 29.8 Å². The molecule has 0 aliphatic carbocycles. The van der Waals surface area contributed by atoms with Crippen LogP contribution in [0.15, 0.2) is 79.6 Å². The molecule has 1 aliphatic rings. The number of hydrogen-bond acceptors (Lipinski definition) is 4. The normalized spacial score (nSPS) is 13.2. The van der Waals surface area contributed by atoms with Gasteiger partial charge in [-0.25, -0.2) is 4.98 Å². The number of nitrogens with zero attached hydrogens (tertiary/aromatic N) is 2. The molecule has 2 aromatic carbocycles. The average molecular weight is 345 g/mol. The van der Waals surface area contributed by atoms with Crippen molar-refractivity contribution in [1.82, 2.24) is 14.9 Å². The Morgan fingerprint density at radius 3 is 2.62 bits per heavy atom. The standard InChI is InChI=1S/C21H19N3O2/c1-15-22-12-20(26-15)21-19(11-16-6-3-2-4-7-16)23-14-24(21)13-17-8-5-9-18(25)10-17/h2-10,12,14,22,25H,1,11,13H2. The van der Waals surface area contributed by atoms with Gasteiger partial charge in [0.25, 0.3) is 0 Å². The lowest BCUT2D eigenvalue weighted by Crippen LogP contribution is -2.05. The quantitative estimate of drug-likeness (QED) is 0.741. The van der Waals surface area contributed by atoms with Crippen molar-refractivity contribution in [1.29, 1.82) is 0 Å². The number of benzene rings is 2. The predicted octanol–water partition coefficient (Wildman–Crippen LogP) is 3.62. The van der Waals surface area contributed by atoms with Gasteiger partial charge in [0.1, 0.15) is 11.4 Å². The van der Waals surface area contributed by atoms with Gasteiger partial charge in [0.15, 0.2) is 11.6 Å². The van der Waals surface area contributed by atoms with Crippen molar-refractivity contribution in [2.75, 3.05) is 0 Å². The summed E-state index contributed by atoms with van der Waals surface area (Å²) in [6.45, 7) is 4.39. The zero-order valence-corrected chi connectivity index (χ0v) is 14.2. The van der Waals surface area contributed by atoms with Crippen LogP contribution in [-0.4, -0.2) is 14.7 Å². The summed E-state index contributed by atoms with van der Waals surface area (Å²) in [5, 5.41) is 12.7. The van der Waals surface area contributed by atoms with Crippen LogP contribution in [0.4, 0.5) is 0 Å². The summed E-state index contributed by atoms with van der Waals surface area (Å²) in [4.78, 5) is 4.62. The molecule has 2 heterocycles. The molecule has 0 bridgehead atoms. The van der Waals surface area contributed by atoms with E-state index in [-0.39, 0.29) is 5.75 Å². The lowest BCUT2D eigenvalue weighted by Gasteiger charge is -2.11. The van der Waals surface area contributed by atoms with Crippen molar-refractivity contribution in [3.8, 4) is 5.75 Å². The minimum Gasteiger partial charge on any atom is -0.508 e. The fourth-order valence-corrected chi connectivity index (χ4v) is 3.05. The second-order valence-electron chi connectivity index (χ2n) is 6.18. The van der Waals surface area contributed by atoms with E-state index in [1.54, 1.807) is 18.3 Å². The largest absolute Gasteiger partial charge is 0.508 e. The van der Waals surface area contributed by atoms with E-state index in [2.05, 4.69) is 29.0 Å². The lowest BCUT2D eigenvalue weighted by molar-refractivity contribution is 0.383. The van der Waals surface area contributed by atoms with E-state index in [9.17, 15) is 5.11 Å². The van der Waals surface area contributed by atoms with E-state index in [0.717, 1.165) is 17.0 Å². The van der Waals surface area contributed by atoms with Crippen LogP contribution in [0.1, 0.15) is 22.5 Å². The third-order valence-corrected chi connectivity index (χ3v) is 4.22.